The lowest BCUT2D eigenvalue weighted by Gasteiger charge is -2.37. The van der Waals surface area contributed by atoms with Crippen LogP contribution in [0.1, 0.15) is 44.5 Å². The number of thiophene rings is 1. The van der Waals surface area contributed by atoms with Gasteiger partial charge in [-0.25, -0.2) is 0 Å². The number of hydrogen-bond donors (Lipinski definition) is 1. The lowest BCUT2D eigenvalue weighted by Crippen LogP contribution is -2.42. The Bertz CT molecular complexity index is 323. The van der Waals surface area contributed by atoms with Gasteiger partial charge in [-0.1, -0.05) is 13.8 Å². The molecule has 1 rings (SSSR count). The van der Waals surface area contributed by atoms with Gasteiger partial charge in [0.05, 0.1) is 11.6 Å². The maximum atomic E-state index is 6.38. The standard InChI is InChI=1S/C12H20BrNOS/c1-4-12(5-2,15-6-3)11(14)10-9(13)7-8-16-10/h7-8,11H,4-6,14H2,1-3H3. The van der Waals surface area contributed by atoms with Gasteiger partial charge in [0.1, 0.15) is 0 Å². The predicted octanol–water partition coefficient (Wildman–Crippen LogP) is 4.11. The lowest BCUT2D eigenvalue weighted by atomic mass is 9.87. The Labute approximate surface area is 110 Å². The highest BCUT2D eigenvalue weighted by Crippen LogP contribution is 2.39. The van der Waals surface area contributed by atoms with Crippen molar-refractivity contribution in [2.24, 2.45) is 5.73 Å². The molecule has 0 aliphatic carbocycles. The van der Waals surface area contributed by atoms with Crippen LogP contribution >= 0.6 is 27.3 Å². The molecule has 16 heavy (non-hydrogen) atoms. The van der Waals surface area contributed by atoms with Crippen molar-refractivity contribution < 1.29 is 4.74 Å². The van der Waals surface area contributed by atoms with E-state index in [1.165, 1.54) is 4.88 Å². The van der Waals surface area contributed by atoms with Crippen molar-refractivity contribution in [3.63, 3.8) is 0 Å². The van der Waals surface area contributed by atoms with E-state index in [2.05, 4.69) is 35.2 Å². The van der Waals surface area contributed by atoms with Crippen molar-refractivity contribution >= 4 is 27.3 Å². The first-order valence-electron chi connectivity index (χ1n) is 5.73. The summed E-state index contributed by atoms with van der Waals surface area (Å²) in [6.07, 6.45) is 1.87. The molecule has 0 bridgehead atoms. The molecule has 0 aliphatic rings. The number of halogens is 1. The van der Waals surface area contributed by atoms with Gasteiger partial charge in [-0.3, -0.25) is 0 Å². The molecular formula is C12H20BrNOS. The van der Waals surface area contributed by atoms with E-state index in [1.54, 1.807) is 11.3 Å². The number of hydrogen-bond acceptors (Lipinski definition) is 3. The van der Waals surface area contributed by atoms with Crippen LogP contribution < -0.4 is 5.73 Å². The summed E-state index contributed by atoms with van der Waals surface area (Å²) in [5.41, 5.74) is 6.15. The third-order valence-electron chi connectivity index (χ3n) is 3.12. The Hall–Kier alpha value is 0.100. The van der Waals surface area contributed by atoms with Gasteiger partial charge in [0.2, 0.25) is 0 Å². The van der Waals surface area contributed by atoms with E-state index in [1.807, 2.05) is 13.0 Å². The van der Waals surface area contributed by atoms with Gasteiger partial charge in [0, 0.05) is 16.0 Å². The summed E-state index contributed by atoms with van der Waals surface area (Å²) in [5, 5.41) is 2.06. The van der Waals surface area contributed by atoms with Crippen LogP contribution in [-0.2, 0) is 4.74 Å². The first-order chi connectivity index (χ1) is 7.61. The van der Waals surface area contributed by atoms with Crippen molar-refractivity contribution in [2.75, 3.05) is 6.61 Å². The van der Waals surface area contributed by atoms with Crippen molar-refractivity contribution in [1.29, 1.82) is 0 Å². The molecule has 0 aliphatic heterocycles. The number of nitrogens with two attached hydrogens (primary N) is 1. The summed E-state index contributed by atoms with van der Waals surface area (Å²) >= 11 is 5.23. The second kappa shape index (κ2) is 6.15. The first-order valence-corrected chi connectivity index (χ1v) is 7.41. The Balaban J connectivity index is 2.99. The molecule has 92 valence electrons. The minimum atomic E-state index is -0.234. The number of ether oxygens (including phenoxy) is 1. The number of rotatable bonds is 6. The maximum absolute atomic E-state index is 6.38. The van der Waals surface area contributed by atoms with Crippen LogP contribution in [0.15, 0.2) is 15.9 Å². The van der Waals surface area contributed by atoms with Crippen LogP contribution in [0.3, 0.4) is 0 Å². The molecule has 0 fully saturated rings. The van der Waals surface area contributed by atoms with Gasteiger partial charge >= 0.3 is 0 Å². The highest BCUT2D eigenvalue weighted by Gasteiger charge is 2.36. The summed E-state index contributed by atoms with van der Waals surface area (Å²) in [7, 11) is 0. The zero-order valence-corrected chi connectivity index (χ0v) is 12.5. The van der Waals surface area contributed by atoms with Crippen molar-refractivity contribution in [2.45, 2.75) is 45.3 Å². The van der Waals surface area contributed by atoms with Gasteiger partial charge in [-0.15, -0.1) is 11.3 Å². The molecular weight excluding hydrogens is 286 g/mol. The van der Waals surface area contributed by atoms with E-state index in [-0.39, 0.29) is 11.6 Å². The van der Waals surface area contributed by atoms with E-state index in [9.17, 15) is 0 Å². The fourth-order valence-corrected chi connectivity index (χ4v) is 3.76. The highest BCUT2D eigenvalue weighted by molar-refractivity contribution is 9.10. The normalized spacial score (nSPS) is 14.1. The van der Waals surface area contributed by atoms with Crippen LogP contribution in [0.5, 0.6) is 0 Å². The molecule has 4 heteroatoms. The van der Waals surface area contributed by atoms with Gasteiger partial charge in [-0.05, 0) is 47.1 Å². The second-order valence-corrected chi connectivity index (χ2v) is 5.62. The summed E-state index contributed by atoms with van der Waals surface area (Å²) in [4.78, 5) is 1.18. The molecule has 2 nitrogen and oxygen atoms in total. The third-order valence-corrected chi connectivity index (χ3v) is 5.08. The monoisotopic (exact) mass is 305 g/mol. The van der Waals surface area contributed by atoms with Gasteiger partial charge in [0.25, 0.3) is 0 Å². The predicted molar refractivity (Wildman–Crippen MR) is 73.9 cm³/mol. The van der Waals surface area contributed by atoms with Gasteiger partial charge < -0.3 is 10.5 Å². The molecule has 1 aromatic rings. The van der Waals surface area contributed by atoms with Crippen molar-refractivity contribution in [1.82, 2.24) is 0 Å². The Morgan fingerprint density at radius 3 is 2.44 bits per heavy atom. The first kappa shape index (κ1) is 14.2. The van der Waals surface area contributed by atoms with Gasteiger partial charge in [0.15, 0.2) is 0 Å². The average Bonchev–Trinajstić information content (AvgIpc) is 2.71. The summed E-state index contributed by atoms with van der Waals surface area (Å²) in [5.74, 6) is 0. The Morgan fingerprint density at radius 1 is 1.44 bits per heavy atom. The minimum Gasteiger partial charge on any atom is -0.373 e. The summed E-state index contributed by atoms with van der Waals surface area (Å²) in [6.45, 7) is 7.01. The Morgan fingerprint density at radius 2 is 2.06 bits per heavy atom. The smallest absolute Gasteiger partial charge is 0.0877 e. The largest absolute Gasteiger partial charge is 0.373 e. The second-order valence-electron chi connectivity index (χ2n) is 3.82. The zero-order valence-electron chi connectivity index (χ0n) is 10.1. The van der Waals surface area contributed by atoms with E-state index in [0.29, 0.717) is 6.61 Å². The van der Waals surface area contributed by atoms with Crippen molar-refractivity contribution in [3.05, 3.63) is 20.8 Å². The molecule has 1 unspecified atom stereocenters. The molecule has 2 N–H and O–H groups in total. The quantitative estimate of drug-likeness (QED) is 0.858. The molecule has 1 atom stereocenters. The van der Waals surface area contributed by atoms with Crippen LogP contribution in [0.25, 0.3) is 0 Å². The highest BCUT2D eigenvalue weighted by atomic mass is 79.9. The summed E-state index contributed by atoms with van der Waals surface area (Å²) in [6, 6.07) is 1.99. The van der Waals surface area contributed by atoms with Crippen LogP contribution in [0.2, 0.25) is 0 Å². The van der Waals surface area contributed by atoms with E-state index in [4.69, 9.17) is 10.5 Å². The molecule has 0 radical (unpaired) electrons. The maximum Gasteiger partial charge on any atom is 0.0877 e. The summed E-state index contributed by atoms with van der Waals surface area (Å²) < 4.78 is 7.02. The SMILES string of the molecule is CCOC(CC)(CC)C(N)c1sccc1Br. The van der Waals surface area contributed by atoms with E-state index >= 15 is 0 Å². The molecule has 0 saturated carbocycles. The topological polar surface area (TPSA) is 35.2 Å². The molecule has 0 saturated heterocycles. The van der Waals surface area contributed by atoms with Crippen LogP contribution in [-0.4, -0.2) is 12.2 Å². The van der Waals surface area contributed by atoms with E-state index in [0.717, 1.165) is 17.3 Å². The molecule has 0 spiro atoms. The minimum absolute atomic E-state index is 0.0585. The Kier molecular flexibility index (Phi) is 5.44. The molecule has 0 aromatic carbocycles. The molecule has 1 aromatic heterocycles. The van der Waals surface area contributed by atoms with Gasteiger partial charge in [-0.2, -0.15) is 0 Å². The zero-order chi connectivity index (χ0) is 12.2. The lowest BCUT2D eigenvalue weighted by molar-refractivity contribution is -0.0639. The molecule has 1 heterocycles. The van der Waals surface area contributed by atoms with Crippen molar-refractivity contribution in [3.8, 4) is 0 Å². The fourth-order valence-electron chi connectivity index (χ4n) is 2.04. The molecule has 0 amide bonds. The third kappa shape index (κ3) is 2.67. The van der Waals surface area contributed by atoms with E-state index < -0.39 is 0 Å². The van der Waals surface area contributed by atoms with Crippen LogP contribution in [0.4, 0.5) is 0 Å². The fraction of sp³-hybridized carbons (Fsp3) is 0.667. The average molecular weight is 306 g/mol. The van der Waals surface area contributed by atoms with Crippen LogP contribution in [0, 0.1) is 0 Å².